The van der Waals surface area contributed by atoms with Gasteiger partial charge < -0.3 is 5.11 Å². The van der Waals surface area contributed by atoms with Gasteiger partial charge >= 0.3 is 0 Å². The Morgan fingerprint density at radius 1 is 0.824 bits per heavy atom. The number of hydrogen-bond donors (Lipinski definition) is 1. The van der Waals surface area contributed by atoms with E-state index >= 15 is 0 Å². The standard InChI is InChI=1S/C33H50O/c1-5-6-7-8-9-10-11-14-19-26(2)30-24-29(33(3,4)28-22-17-13-18-23-28)25-31(32(30)34)27-20-15-12-16-21-27/h13,17-18,22-27,34H,5-12,14-16,19-21H2,1-4H3. The number of hydrogen-bond acceptors (Lipinski definition) is 1. The van der Waals surface area contributed by atoms with Gasteiger partial charge in [0.1, 0.15) is 5.75 Å². The van der Waals surface area contributed by atoms with Gasteiger partial charge in [-0.25, -0.2) is 0 Å². The molecule has 3 rings (SSSR count). The second-order valence-electron chi connectivity index (χ2n) is 11.5. The summed E-state index contributed by atoms with van der Waals surface area (Å²) in [5.74, 6) is 1.51. The van der Waals surface area contributed by atoms with Crippen LogP contribution in [0.2, 0.25) is 0 Å². The smallest absolute Gasteiger partial charge is 0.122 e. The topological polar surface area (TPSA) is 20.2 Å². The van der Waals surface area contributed by atoms with Gasteiger partial charge in [-0.1, -0.05) is 141 Å². The minimum atomic E-state index is -0.0780. The molecule has 0 radical (unpaired) electrons. The summed E-state index contributed by atoms with van der Waals surface area (Å²) in [4.78, 5) is 0. The van der Waals surface area contributed by atoms with Gasteiger partial charge in [-0.2, -0.15) is 0 Å². The summed E-state index contributed by atoms with van der Waals surface area (Å²) in [6.07, 6.45) is 18.3. The van der Waals surface area contributed by atoms with E-state index in [9.17, 15) is 5.11 Å². The van der Waals surface area contributed by atoms with Crippen molar-refractivity contribution >= 4 is 0 Å². The van der Waals surface area contributed by atoms with Crippen LogP contribution in [0.15, 0.2) is 42.5 Å². The van der Waals surface area contributed by atoms with Crippen LogP contribution < -0.4 is 0 Å². The van der Waals surface area contributed by atoms with E-state index in [4.69, 9.17) is 0 Å². The molecule has 0 heterocycles. The third-order valence-electron chi connectivity index (χ3n) is 8.45. The average molecular weight is 463 g/mol. The van der Waals surface area contributed by atoms with Gasteiger partial charge in [-0.3, -0.25) is 0 Å². The zero-order chi connectivity index (χ0) is 24.4. The lowest BCUT2D eigenvalue weighted by atomic mass is 9.73. The Kier molecular flexibility index (Phi) is 10.5. The summed E-state index contributed by atoms with van der Waals surface area (Å²) < 4.78 is 0. The van der Waals surface area contributed by atoms with E-state index in [0.29, 0.717) is 17.6 Å². The average Bonchev–Trinajstić information content (AvgIpc) is 2.86. The molecule has 1 fully saturated rings. The molecule has 1 unspecified atom stereocenters. The summed E-state index contributed by atoms with van der Waals surface area (Å²) in [5, 5.41) is 11.5. The largest absolute Gasteiger partial charge is 0.507 e. The fourth-order valence-electron chi connectivity index (χ4n) is 5.90. The van der Waals surface area contributed by atoms with Crippen LogP contribution in [0, 0.1) is 0 Å². The van der Waals surface area contributed by atoms with Crippen LogP contribution in [-0.2, 0) is 5.41 Å². The summed E-state index contributed by atoms with van der Waals surface area (Å²) in [6, 6.07) is 15.6. The van der Waals surface area contributed by atoms with E-state index in [1.165, 1.54) is 112 Å². The van der Waals surface area contributed by atoms with Crippen LogP contribution in [0.1, 0.15) is 152 Å². The molecule has 1 heteroatoms. The first-order chi connectivity index (χ1) is 16.4. The molecule has 1 N–H and O–H groups in total. The highest BCUT2D eigenvalue weighted by Gasteiger charge is 2.29. The molecule has 1 saturated carbocycles. The van der Waals surface area contributed by atoms with Crippen molar-refractivity contribution in [2.45, 2.75) is 135 Å². The molecule has 34 heavy (non-hydrogen) atoms. The highest BCUT2D eigenvalue weighted by atomic mass is 16.3. The van der Waals surface area contributed by atoms with E-state index in [0.717, 1.165) is 0 Å². The van der Waals surface area contributed by atoms with Crippen molar-refractivity contribution in [2.75, 3.05) is 0 Å². The van der Waals surface area contributed by atoms with Crippen LogP contribution in [0.4, 0.5) is 0 Å². The molecule has 1 atom stereocenters. The second kappa shape index (κ2) is 13.4. The van der Waals surface area contributed by atoms with Gasteiger partial charge in [0.25, 0.3) is 0 Å². The molecule has 0 bridgehead atoms. The van der Waals surface area contributed by atoms with Crippen LogP contribution in [0.5, 0.6) is 5.75 Å². The molecule has 0 saturated heterocycles. The number of unbranched alkanes of at least 4 members (excludes halogenated alkanes) is 7. The maximum atomic E-state index is 11.5. The van der Waals surface area contributed by atoms with Crippen molar-refractivity contribution < 1.29 is 5.11 Å². The lowest BCUT2D eigenvalue weighted by Gasteiger charge is -2.31. The molecule has 0 aromatic heterocycles. The van der Waals surface area contributed by atoms with Crippen molar-refractivity contribution in [3.63, 3.8) is 0 Å². The number of phenols is 1. The van der Waals surface area contributed by atoms with Crippen LogP contribution in [0.25, 0.3) is 0 Å². The fourth-order valence-corrected chi connectivity index (χ4v) is 5.90. The highest BCUT2D eigenvalue weighted by molar-refractivity contribution is 5.51. The number of benzene rings is 2. The Bertz CT molecular complexity index is 844. The monoisotopic (exact) mass is 462 g/mol. The second-order valence-corrected chi connectivity index (χ2v) is 11.5. The Hall–Kier alpha value is -1.76. The van der Waals surface area contributed by atoms with Gasteiger partial charge in [0.15, 0.2) is 0 Å². The van der Waals surface area contributed by atoms with Crippen molar-refractivity contribution in [1.29, 1.82) is 0 Å². The molecule has 1 nitrogen and oxygen atoms in total. The van der Waals surface area contributed by atoms with Gasteiger partial charge in [-0.05, 0) is 53.4 Å². The molecule has 1 aliphatic rings. The van der Waals surface area contributed by atoms with Crippen molar-refractivity contribution in [3.05, 3.63) is 64.7 Å². The predicted molar refractivity (Wildman–Crippen MR) is 148 cm³/mol. The molecular weight excluding hydrogens is 412 g/mol. The first kappa shape index (κ1) is 26.8. The minimum Gasteiger partial charge on any atom is -0.507 e. The third kappa shape index (κ3) is 7.12. The fraction of sp³-hybridized carbons (Fsp3) is 0.636. The van der Waals surface area contributed by atoms with E-state index in [1.807, 2.05) is 0 Å². The van der Waals surface area contributed by atoms with Gasteiger partial charge in [0, 0.05) is 5.41 Å². The van der Waals surface area contributed by atoms with Crippen molar-refractivity contribution in [3.8, 4) is 5.75 Å². The molecular formula is C33H50O. The van der Waals surface area contributed by atoms with Crippen molar-refractivity contribution in [2.24, 2.45) is 0 Å². The number of aromatic hydroxyl groups is 1. The zero-order valence-corrected chi connectivity index (χ0v) is 22.5. The maximum absolute atomic E-state index is 11.5. The predicted octanol–water partition coefficient (Wildman–Crippen LogP) is 10.4. The number of phenolic OH excluding ortho intramolecular Hbond substituents is 1. The Labute approximate surface area is 210 Å². The molecule has 2 aromatic rings. The number of rotatable bonds is 13. The Morgan fingerprint density at radius 2 is 1.44 bits per heavy atom. The summed E-state index contributed by atoms with van der Waals surface area (Å²) in [5.41, 5.74) is 5.03. The molecule has 0 aliphatic heterocycles. The minimum absolute atomic E-state index is 0.0780. The van der Waals surface area contributed by atoms with E-state index in [2.05, 4.69) is 70.2 Å². The molecule has 0 amide bonds. The summed E-state index contributed by atoms with van der Waals surface area (Å²) >= 11 is 0. The quantitative estimate of drug-likeness (QED) is 0.293. The van der Waals surface area contributed by atoms with Crippen LogP contribution in [-0.4, -0.2) is 5.11 Å². The SMILES string of the molecule is CCCCCCCCCCC(C)c1cc(C(C)(C)c2ccccc2)cc(C2CCCCC2)c1O. The Balaban J connectivity index is 1.78. The molecule has 188 valence electrons. The van der Waals surface area contributed by atoms with Crippen LogP contribution in [0.3, 0.4) is 0 Å². The molecule has 2 aromatic carbocycles. The van der Waals surface area contributed by atoms with Gasteiger partial charge in [0.2, 0.25) is 0 Å². The maximum Gasteiger partial charge on any atom is 0.122 e. The van der Waals surface area contributed by atoms with Crippen LogP contribution >= 0.6 is 0 Å². The lowest BCUT2D eigenvalue weighted by molar-refractivity contribution is 0.406. The van der Waals surface area contributed by atoms with Gasteiger partial charge in [0.05, 0.1) is 0 Å². The molecule has 1 aliphatic carbocycles. The normalized spacial score (nSPS) is 16.0. The first-order valence-electron chi connectivity index (χ1n) is 14.4. The zero-order valence-electron chi connectivity index (χ0n) is 22.5. The van der Waals surface area contributed by atoms with Gasteiger partial charge in [-0.15, -0.1) is 0 Å². The lowest BCUT2D eigenvalue weighted by Crippen LogP contribution is -2.20. The first-order valence-corrected chi connectivity index (χ1v) is 14.4. The highest BCUT2D eigenvalue weighted by Crippen LogP contribution is 2.45. The molecule has 0 spiro atoms. The summed E-state index contributed by atoms with van der Waals surface area (Å²) in [6.45, 7) is 9.30. The van der Waals surface area contributed by atoms with E-state index < -0.39 is 0 Å². The van der Waals surface area contributed by atoms with Crippen molar-refractivity contribution in [1.82, 2.24) is 0 Å². The third-order valence-corrected chi connectivity index (χ3v) is 8.45. The van der Waals surface area contributed by atoms with E-state index in [-0.39, 0.29) is 5.41 Å². The van der Waals surface area contributed by atoms with E-state index in [1.54, 1.807) is 0 Å². The Morgan fingerprint density at radius 3 is 2.09 bits per heavy atom. The summed E-state index contributed by atoms with van der Waals surface area (Å²) in [7, 11) is 0.